The summed E-state index contributed by atoms with van der Waals surface area (Å²) in [6.45, 7) is -0.661. The normalized spacial score (nSPS) is 11.7. The molecule has 0 amide bonds. The lowest BCUT2D eigenvalue weighted by Crippen LogP contribution is -2.10. The Morgan fingerprint density at radius 1 is 1.28 bits per heavy atom. The molecule has 0 aliphatic heterocycles. The highest BCUT2D eigenvalue weighted by molar-refractivity contribution is 6.17. The molecule has 0 radical (unpaired) electrons. The summed E-state index contributed by atoms with van der Waals surface area (Å²) in [5.41, 5.74) is -0.0925. The van der Waals surface area contributed by atoms with Crippen LogP contribution in [0.2, 0.25) is 0 Å². The molecule has 0 N–H and O–H groups in total. The number of aryl methyl sites for hydroxylation is 1. The molecule has 0 aliphatic carbocycles. The van der Waals surface area contributed by atoms with Gasteiger partial charge in [-0.2, -0.15) is 0 Å². The Balaban J connectivity index is 2.64. The Labute approximate surface area is 105 Å². The Morgan fingerprint density at radius 2 is 2.00 bits per heavy atom. The van der Waals surface area contributed by atoms with Crippen LogP contribution in [0.4, 0.5) is 17.6 Å². The molecule has 0 aliphatic rings. The number of nitrogens with zero attached hydrogens (tertiary/aromatic N) is 2. The second-order valence-corrected chi connectivity index (χ2v) is 4.10. The van der Waals surface area contributed by atoms with E-state index in [1.54, 1.807) is 0 Å². The lowest BCUT2D eigenvalue weighted by molar-refractivity contribution is 0.127. The SMILES string of the molecule is Fc1cc(F)c2nc(CCCl)n(CC(F)F)c2c1. The molecule has 1 heterocycles. The molecule has 0 bridgehead atoms. The Kier molecular flexibility index (Phi) is 3.75. The lowest BCUT2D eigenvalue weighted by Gasteiger charge is -2.07. The smallest absolute Gasteiger partial charge is 0.256 e. The van der Waals surface area contributed by atoms with Crippen molar-refractivity contribution < 1.29 is 17.6 Å². The van der Waals surface area contributed by atoms with E-state index in [2.05, 4.69) is 4.98 Å². The van der Waals surface area contributed by atoms with E-state index in [0.29, 0.717) is 6.07 Å². The van der Waals surface area contributed by atoms with Crippen LogP contribution in [-0.4, -0.2) is 21.9 Å². The minimum Gasteiger partial charge on any atom is -0.322 e. The fourth-order valence-electron chi connectivity index (χ4n) is 1.81. The summed E-state index contributed by atoms with van der Waals surface area (Å²) in [4.78, 5) is 3.90. The average Bonchev–Trinajstić information content (AvgIpc) is 2.58. The number of halogens is 5. The van der Waals surface area contributed by atoms with Gasteiger partial charge in [-0.1, -0.05) is 0 Å². The molecule has 0 atom stereocenters. The van der Waals surface area contributed by atoms with Crippen LogP contribution < -0.4 is 0 Å². The predicted octanol–water partition coefficient (Wildman–Crippen LogP) is 3.36. The summed E-state index contributed by atoms with van der Waals surface area (Å²) < 4.78 is 52.7. The number of alkyl halides is 3. The minimum atomic E-state index is -2.64. The van der Waals surface area contributed by atoms with Crippen LogP contribution in [0, 0.1) is 11.6 Å². The molecular formula is C11H9ClF4N2. The second-order valence-electron chi connectivity index (χ2n) is 3.72. The van der Waals surface area contributed by atoms with Gasteiger partial charge in [-0.25, -0.2) is 22.5 Å². The molecular weight excluding hydrogens is 272 g/mol. The molecule has 2 aromatic rings. The van der Waals surface area contributed by atoms with E-state index in [4.69, 9.17) is 11.6 Å². The molecule has 0 unspecified atom stereocenters. The van der Waals surface area contributed by atoms with Gasteiger partial charge in [0.15, 0.2) is 5.82 Å². The highest BCUT2D eigenvalue weighted by Crippen LogP contribution is 2.22. The molecule has 2 nitrogen and oxygen atoms in total. The topological polar surface area (TPSA) is 17.8 Å². The first-order chi connectivity index (χ1) is 8.52. The number of hydrogen-bond acceptors (Lipinski definition) is 1. The van der Waals surface area contributed by atoms with Gasteiger partial charge in [-0.3, -0.25) is 0 Å². The molecule has 0 fully saturated rings. The number of benzene rings is 1. The van der Waals surface area contributed by atoms with Gasteiger partial charge in [-0.15, -0.1) is 11.6 Å². The molecule has 1 aromatic carbocycles. The molecule has 0 spiro atoms. The maximum Gasteiger partial charge on any atom is 0.256 e. The van der Waals surface area contributed by atoms with Gasteiger partial charge in [0, 0.05) is 18.4 Å². The van der Waals surface area contributed by atoms with Crippen molar-refractivity contribution in [1.82, 2.24) is 9.55 Å². The van der Waals surface area contributed by atoms with E-state index in [-0.39, 0.29) is 29.2 Å². The predicted molar refractivity (Wildman–Crippen MR) is 60.1 cm³/mol. The van der Waals surface area contributed by atoms with Crippen LogP contribution in [0.25, 0.3) is 11.0 Å². The maximum atomic E-state index is 13.5. The number of hydrogen-bond donors (Lipinski definition) is 0. The summed E-state index contributed by atoms with van der Waals surface area (Å²) >= 11 is 5.53. The largest absolute Gasteiger partial charge is 0.322 e. The van der Waals surface area contributed by atoms with E-state index in [1.807, 2.05) is 0 Å². The molecule has 98 valence electrons. The van der Waals surface area contributed by atoms with Gasteiger partial charge >= 0.3 is 0 Å². The molecule has 0 saturated heterocycles. The molecule has 18 heavy (non-hydrogen) atoms. The quantitative estimate of drug-likeness (QED) is 0.620. The average molecular weight is 281 g/mol. The Bertz CT molecular complexity index is 568. The van der Waals surface area contributed by atoms with Crippen LogP contribution in [0.5, 0.6) is 0 Å². The highest BCUT2D eigenvalue weighted by atomic mass is 35.5. The second kappa shape index (κ2) is 5.14. The van der Waals surface area contributed by atoms with Gasteiger partial charge in [0.2, 0.25) is 0 Å². The van der Waals surface area contributed by atoms with Crippen molar-refractivity contribution in [2.75, 3.05) is 5.88 Å². The molecule has 2 rings (SSSR count). The van der Waals surface area contributed by atoms with Crippen molar-refractivity contribution in [2.45, 2.75) is 19.4 Å². The first-order valence-electron chi connectivity index (χ1n) is 5.21. The summed E-state index contributed by atoms with van der Waals surface area (Å²) in [7, 11) is 0. The third-order valence-electron chi connectivity index (χ3n) is 2.49. The zero-order chi connectivity index (χ0) is 13.3. The van der Waals surface area contributed by atoms with Gasteiger partial charge in [0.1, 0.15) is 17.2 Å². The van der Waals surface area contributed by atoms with Crippen molar-refractivity contribution in [3.8, 4) is 0 Å². The van der Waals surface area contributed by atoms with E-state index in [0.717, 1.165) is 10.6 Å². The lowest BCUT2D eigenvalue weighted by atomic mass is 10.3. The van der Waals surface area contributed by atoms with Gasteiger partial charge in [0.25, 0.3) is 6.43 Å². The van der Waals surface area contributed by atoms with Crippen molar-refractivity contribution in [2.24, 2.45) is 0 Å². The number of rotatable bonds is 4. The van der Waals surface area contributed by atoms with E-state index >= 15 is 0 Å². The number of imidazole rings is 1. The summed E-state index contributed by atoms with van der Waals surface area (Å²) in [5.74, 6) is -1.30. The van der Waals surface area contributed by atoms with Crippen LogP contribution in [0.1, 0.15) is 5.82 Å². The Morgan fingerprint density at radius 3 is 2.61 bits per heavy atom. The first-order valence-corrected chi connectivity index (χ1v) is 5.74. The maximum absolute atomic E-state index is 13.5. The highest BCUT2D eigenvalue weighted by Gasteiger charge is 2.17. The Hall–Kier alpha value is -1.30. The van der Waals surface area contributed by atoms with Gasteiger partial charge < -0.3 is 4.57 Å². The van der Waals surface area contributed by atoms with Crippen LogP contribution in [0.3, 0.4) is 0 Å². The van der Waals surface area contributed by atoms with Gasteiger partial charge in [0.05, 0.1) is 12.1 Å². The zero-order valence-electron chi connectivity index (χ0n) is 9.14. The molecule has 1 aromatic heterocycles. The van der Waals surface area contributed by atoms with Crippen LogP contribution in [0.15, 0.2) is 12.1 Å². The summed E-state index contributed by atoms with van der Waals surface area (Å²) in [5, 5.41) is 0. The van der Waals surface area contributed by atoms with Gasteiger partial charge in [-0.05, 0) is 6.07 Å². The van der Waals surface area contributed by atoms with Crippen LogP contribution >= 0.6 is 11.6 Å². The fourth-order valence-corrected chi connectivity index (χ4v) is 1.98. The monoisotopic (exact) mass is 280 g/mol. The van der Waals surface area contributed by atoms with E-state index < -0.39 is 24.6 Å². The third kappa shape index (κ3) is 2.43. The first kappa shape index (κ1) is 13.1. The van der Waals surface area contributed by atoms with Crippen molar-refractivity contribution >= 4 is 22.6 Å². The van der Waals surface area contributed by atoms with Crippen molar-refractivity contribution in [3.05, 3.63) is 29.6 Å². The van der Waals surface area contributed by atoms with Crippen molar-refractivity contribution in [3.63, 3.8) is 0 Å². The summed E-state index contributed by atoms with van der Waals surface area (Å²) in [6.07, 6.45) is -2.42. The number of aromatic nitrogens is 2. The fraction of sp³-hybridized carbons (Fsp3) is 0.364. The molecule has 7 heteroatoms. The van der Waals surface area contributed by atoms with Crippen LogP contribution in [-0.2, 0) is 13.0 Å². The van der Waals surface area contributed by atoms with E-state index in [9.17, 15) is 17.6 Å². The summed E-state index contributed by atoms with van der Waals surface area (Å²) in [6, 6.07) is 1.66. The molecule has 0 saturated carbocycles. The standard InChI is InChI=1S/C11H9ClF4N2/c12-2-1-10-17-11-7(14)3-6(13)4-8(11)18(10)5-9(15)16/h3-4,9H,1-2,5H2. The zero-order valence-corrected chi connectivity index (χ0v) is 9.89. The third-order valence-corrected chi connectivity index (χ3v) is 2.68. The number of fused-ring (bicyclic) bond motifs is 1. The van der Waals surface area contributed by atoms with E-state index in [1.165, 1.54) is 0 Å². The van der Waals surface area contributed by atoms with Crippen molar-refractivity contribution in [1.29, 1.82) is 0 Å². The minimum absolute atomic E-state index is 0.0212.